The van der Waals surface area contributed by atoms with Gasteiger partial charge in [-0.25, -0.2) is 12.7 Å². The SMILES string of the molecule is Cc1ccc(S(=O)(=O)N(c2n[nH]c3c2C=CC(c2cccnc2)(c2cccnc2)C3)C2CCC2)cc1. The molecule has 0 aliphatic heterocycles. The Labute approximate surface area is 211 Å². The lowest BCUT2D eigenvalue weighted by molar-refractivity contribution is 0.413. The van der Waals surface area contributed by atoms with Crippen LogP contribution in [0.15, 0.2) is 84.3 Å². The summed E-state index contributed by atoms with van der Waals surface area (Å²) < 4.78 is 29.3. The quantitative estimate of drug-likeness (QED) is 0.413. The van der Waals surface area contributed by atoms with Crippen molar-refractivity contribution in [1.82, 2.24) is 20.2 Å². The van der Waals surface area contributed by atoms with Crippen LogP contribution in [0, 0.1) is 6.92 Å². The first-order valence-corrected chi connectivity index (χ1v) is 13.6. The molecule has 1 saturated carbocycles. The molecule has 4 aromatic rings. The number of hydrogen-bond acceptors (Lipinski definition) is 5. The molecule has 0 radical (unpaired) electrons. The highest BCUT2D eigenvalue weighted by molar-refractivity contribution is 7.92. The van der Waals surface area contributed by atoms with Gasteiger partial charge in [0.15, 0.2) is 5.82 Å². The number of rotatable bonds is 6. The molecule has 2 aliphatic carbocycles. The van der Waals surface area contributed by atoms with Crippen LogP contribution in [0.1, 0.15) is 47.2 Å². The summed E-state index contributed by atoms with van der Waals surface area (Å²) in [5.74, 6) is 0.470. The van der Waals surface area contributed by atoms with Crippen molar-refractivity contribution in [2.45, 2.75) is 49.0 Å². The van der Waals surface area contributed by atoms with Gasteiger partial charge < -0.3 is 0 Å². The van der Waals surface area contributed by atoms with Crippen molar-refractivity contribution in [2.24, 2.45) is 0 Å². The summed E-state index contributed by atoms with van der Waals surface area (Å²) in [6.07, 6.45) is 14.7. The van der Waals surface area contributed by atoms with Crippen molar-refractivity contribution in [1.29, 1.82) is 0 Å². The summed E-state index contributed by atoms with van der Waals surface area (Å²) in [5, 5.41) is 7.79. The maximum atomic E-state index is 13.9. The van der Waals surface area contributed by atoms with Crippen LogP contribution in [0.25, 0.3) is 6.08 Å². The molecular weight excluding hydrogens is 470 g/mol. The Morgan fingerprint density at radius 1 is 0.972 bits per heavy atom. The Balaban J connectivity index is 1.46. The Morgan fingerprint density at radius 3 is 2.19 bits per heavy atom. The summed E-state index contributed by atoms with van der Waals surface area (Å²) in [5.41, 5.74) is 4.32. The first-order chi connectivity index (χ1) is 17.5. The lowest BCUT2D eigenvalue weighted by atomic mass is 9.69. The van der Waals surface area contributed by atoms with Crippen molar-refractivity contribution in [2.75, 3.05) is 4.31 Å². The third kappa shape index (κ3) is 3.64. The molecule has 0 saturated heterocycles. The number of hydrogen-bond donors (Lipinski definition) is 1. The zero-order valence-corrected chi connectivity index (χ0v) is 20.8. The molecular formula is C28H27N5O2S. The number of nitrogens with zero attached hydrogens (tertiary/aromatic N) is 4. The van der Waals surface area contributed by atoms with Gasteiger partial charge in [-0.3, -0.25) is 15.1 Å². The number of sulfonamides is 1. The predicted octanol–water partition coefficient (Wildman–Crippen LogP) is 4.81. The number of H-pyrrole nitrogens is 1. The third-order valence-corrected chi connectivity index (χ3v) is 9.26. The highest BCUT2D eigenvalue weighted by Crippen LogP contribution is 2.44. The van der Waals surface area contributed by atoms with E-state index in [0.29, 0.717) is 12.2 Å². The Bertz CT molecular complexity index is 1470. The van der Waals surface area contributed by atoms with Gasteiger partial charge in [-0.2, -0.15) is 5.10 Å². The Hall–Kier alpha value is -3.78. The van der Waals surface area contributed by atoms with Crippen LogP contribution < -0.4 is 4.31 Å². The molecule has 2 aliphatic rings. The molecule has 8 heteroatoms. The summed E-state index contributed by atoms with van der Waals surface area (Å²) in [6, 6.07) is 14.9. The highest BCUT2D eigenvalue weighted by Gasteiger charge is 2.41. The lowest BCUT2D eigenvalue weighted by Crippen LogP contribution is -2.45. The predicted molar refractivity (Wildman–Crippen MR) is 139 cm³/mol. The molecule has 0 bridgehead atoms. The van der Waals surface area contributed by atoms with Crippen LogP contribution >= 0.6 is 0 Å². The number of fused-ring (bicyclic) bond motifs is 1. The van der Waals surface area contributed by atoms with Crippen LogP contribution in [0.3, 0.4) is 0 Å². The highest BCUT2D eigenvalue weighted by atomic mass is 32.2. The van der Waals surface area contributed by atoms with Crippen molar-refractivity contribution >= 4 is 21.9 Å². The maximum absolute atomic E-state index is 13.9. The van der Waals surface area contributed by atoms with E-state index in [0.717, 1.165) is 47.2 Å². The topological polar surface area (TPSA) is 91.8 Å². The monoisotopic (exact) mass is 497 g/mol. The number of aromatic nitrogens is 4. The largest absolute Gasteiger partial charge is 0.280 e. The van der Waals surface area contributed by atoms with Gasteiger partial charge in [-0.05, 0) is 61.6 Å². The van der Waals surface area contributed by atoms with Gasteiger partial charge in [0.25, 0.3) is 10.0 Å². The first-order valence-electron chi connectivity index (χ1n) is 12.2. The second kappa shape index (κ2) is 8.71. The standard InChI is InChI=1S/C28H27N5O2S/c1-20-9-11-24(12-10-20)36(34,35)33(23-7-2-8-23)27-25-13-14-28(17-26(25)31-32-27,21-5-3-15-29-18-21)22-6-4-16-30-19-22/h3-6,9-16,18-19,23H,2,7-8,17H2,1H3,(H,31,32). The number of benzene rings is 1. The number of allylic oxidation sites excluding steroid dienone is 1. The summed E-state index contributed by atoms with van der Waals surface area (Å²) in [6.45, 7) is 1.95. The van der Waals surface area contributed by atoms with Gasteiger partial charge in [0.2, 0.25) is 0 Å². The van der Waals surface area contributed by atoms with Gasteiger partial charge >= 0.3 is 0 Å². The summed E-state index contributed by atoms with van der Waals surface area (Å²) >= 11 is 0. The molecule has 0 spiro atoms. The van der Waals surface area contributed by atoms with E-state index in [4.69, 9.17) is 0 Å². The van der Waals surface area contributed by atoms with Crippen LogP contribution in [-0.4, -0.2) is 34.6 Å². The molecule has 6 rings (SSSR count). The number of pyridine rings is 2. The normalized spacial score (nSPS) is 16.8. The fourth-order valence-electron chi connectivity index (χ4n) is 5.16. The molecule has 0 amide bonds. The van der Waals surface area contributed by atoms with Crippen molar-refractivity contribution in [3.05, 3.63) is 107 Å². The maximum Gasteiger partial charge on any atom is 0.265 e. The zero-order chi connectivity index (χ0) is 24.8. The van der Waals surface area contributed by atoms with Crippen molar-refractivity contribution in [3.8, 4) is 0 Å². The van der Waals surface area contributed by atoms with E-state index in [2.05, 4.69) is 38.4 Å². The number of aromatic amines is 1. The van der Waals surface area contributed by atoms with E-state index in [1.807, 2.05) is 49.7 Å². The average Bonchev–Trinajstić information content (AvgIpc) is 3.29. The van der Waals surface area contributed by atoms with Gasteiger partial charge in [-0.15, -0.1) is 0 Å². The summed E-state index contributed by atoms with van der Waals surface area (Å²) in [7, 11) is -3.77. The number of nitrogens with one attached hydrogen (secondary N) is 1. The fourth-order valence-corrected chi connectivity index (χ4v) is 6.84. The van der Waals surface area contributed by atoms with Crippen LogP contribution in [0.2, 0.25) is 0 Å². The van der Waals surface area contributed by atoms with Crippen molar-refractivity contribution < 1.29 is 8.42 Å². The second-order valence-corrected chi connectivity index (χ2v) is 11.4. The number of anilines is 1. The molecule has 1 fully saturated rings. The van der Waals surface area contributed by atoms with E-state index in [-0.39, 0.29) is 10.9 Å². The third-order valence-electron chi connectivity index (χ3n) is 7.40. The number of aryl methyl sites for hydroxylation is 1. The molecule has 0 atom stereocenters. The molecule has 3 heterocycles. The summed E-state index contributed by atoms with van der Waals surface area (Å²) in [4.78, 5) is 9.02. The minimum Gasteiger partial charge on any atom is -0.280 e. The van der Waals surface area contributed by atoms with Crippen LogP contribution in [-0.2, 0) is 21.9 Å². The second-order valence-electron chi connectivity index (χ2n) is 9.60. The molecule has 7 nitrogen and oxygen atoms in total. The van der Waals surface area contributed by atoms with Crippen LogP contribution in [0.5, 0.6) is 0 Å². The van der Waals surface area contributed by atoms with Gasteiger partial charge in [0, 0.05) is 53.9 Å². The minimum atomic E-state index is -3.77. The van der Waals surface area contributed by atoms with Gasteiger partial charge in [0.05, 0.1) is 4.90 Å². The van der Waals surface area contributed by atoms with E-state index >= 15 is 0 Å². The molecule has 3 aromatic heterocycles. The average molecular weight is 498 g/mol. The molecule has 0 unspecified atom stereocenters. The fraction of sp³-hybridized carbons (Fsp3) is 0.250. The van der Waals surface area contributed by atoms with Gasteiger partial charge in [-0.1, -0.05) is 42.0 Å². The smallest absolute Gasteiger partial charge is 0.265 e. The lowest BCUT2D eigenvalue weighted by Gasteiger charge is -2.38. The minimum absolute atomic E-state index is 0.0968. The first kappa shape index (κ1) is 22.7. The molecule has 1 aromatic carbocycles. The van der Waals surface area contributed by atoms with E-state index in [1.54, 1.807) is 28.8 Å². The van der Waals surface area contributed by atoms with Crippen molar-refractivity contribution in [3.63, 3.8) is 0 Å². The van der Waals surface area contributed by atoms with Crippen LogP contribution in [0.4, 0.5) is 5.82 Å². The Kier molecular flexibility index (Phi) is 5.48. The molecule has 1 N–H and O–H groups in total. The van der Waals surface area contributed by atoms with E-state index in [9.17, 15) is 8.42 Å². The molecule has 36 heavy (non-hydrogen) atoms. The molecule has 182 valence electrons. The van der Waals surface area contributed by atoms with Gasteiger partial charge in [0.1, 0.15) is 0 Å². The van der Waals surface area contributed by atoms with E-state index < -0.39 is 15.4 Å². The Morgan fingerprint density at radius 2 is 1.64 bits per heavy atom. The zero-order valence-electron chi connectivity index (χ0n) is 20.0. The van der Waals surface area contributed by atoms with E-state index in [1.165, 1.54) is 0 Å².